The Labute approximate surface area is 218 Å². The summed E-state index contributed by atoms with van der Waals surface area (Å²) in [6.45, 7) is 3.24. The molecule has 1 atom stereocenters. The molecule has 0 saturated carbocycles. The summed E-state index contributed by atoms with van der Waals surface area (Å²) in [7, 11) is -3.81. The smallest absolute Gasteiger partial charge is 0.335 e. The maximum absolute atomic E-state index is 13.0. The van der Waals surface area contributed by atoms with Gasteiger partial charge in [0.25, 0.3) is 10.1 Å². The molecule has 190 valence electrons. The van der Waals surface area contributed by atoms with Crippen LogP contribution < -0.4 is 4.84 Å². The number of unbranched alkanes of at least 4 members (excludes halogenated alkanes) is 1. The molecule has 0 saturated heterocycles. The molecule has 1 aromatic heterocycles. The molecule has 8 heteroatoms. The minimum Gasteiger partial charge on any atom is -0.335 e. The van der Waals surface area contributed by atoms with Crippen molar-refractivity contribution in [2.45, 2.75) is 39.2 Å². The van der Waals surface area contributed by atoms with E-state index in [9.17, 15) is 13.2 Å². The summed E-state index contributed by atoms with van der Waals surface area (Å²) in [6.07, 6.45) is 5.34. The highest BCUT2D eigenvalue weighted by Gasteiger charge is 2.41. The molecule has 0 aliphatic heterocycles. The van der Waals surface area contributed by atoms with Gasteiger partial charge in [-0.15, -0.1) is 0 Å². The Kier molecular flexibility index (Phi) is 9.37. The van der Waals surface area contributed by atoms with E-state index in [4.69, 9.17) is 21.2 Å². The third-order valence-electron chi connectivity index (χ3n) is 5.78. The Morgan fingerprint density at radius 1 is 0.972 bits per heavy atom. The van der Waals surface area contributed by atoms with E-state index in [-0.39, 0.29) is 0 Å². The molecule has 0 amide bonds. The molecule has 2 aromatic carbocycles. The highest BCUT2D eigenvalue weighted by molar-refractivity contribution is 7.86. The van der Waals surface area contributed by atoms with Crippen molar-refractivity contribution in [1.82, 2.24) is 4.73 Å². The van der Waals surface area contributed by atoms with Crippen LogP contribution in [0.1, 0.15) is 44.2 Å². The fraction of sp³-hybridized carbons (Fsp3) is 0.286. The fourth-order valence-corrected chi connectivity index (χ4v) is 4.69. The van der Waals surface area contributed by atoms with Gasteiger partial charge in [0.05, 0.1) is 17.8 Å². The van der Waals surface area contributed by atoms with Gasteiger partial charge in [0, 0.05) is 6.20 Å². The van der Waals surface area contributed by atoms with Gasteiger partial charge in [0.15, 0.2) is 0 Å². The minimum absolute atomic E-state index is 0.321. The van der Waals surface area contributed by atoms with Crippen LogP contribution in [-0.2, 0) is 19.1 Å². The molecule has 0 aliphatic rings. The molecule has 0 fully saturated rings. The molecule has 1 heterocycles. The van der Waals surface area contributed by atoms with E-state index in [0.29, 0.717) is 23.9 Å². The van der Waals surface area contributed by atoms with Crippen LogP contribution in [0.4, 0.5) is 0 Å². The Hall–Kier alpha value is -3.07. The average molecular weight is 526 g/mol. The highest BCUT2D eigenvalue weighted by Crippen LogP contribution is 2.31. The van der Waals surface area contributed by atoms with Crippen molar-refractivity contribution in [3.8, 4) is 0 Å². The number of allylic oxidation sites excluding steroid dienone is 1. The maximum Gasteiger partial charge on any atom is 0.341 e. The summed E-state index contributed by atoms with van der Waals surface area (Å²) in [5.41, 5.74) is 2.03. The number of pyridine rings is 1. The van der Waals surface area contributed by atoms with E-state index in [0.717, 1.165) is 23.0 Å². The lowest BCUT2D eigenvalue weighted by molar-refractivity contribution is -0.160. The Balaban J connectivity index is 1.77. The van der Waals surface area contributed by atoms with Crippen LogP contribution in [0.5, 0.6) is 0 Å². The van der Waals surface area contributed by atoms with E-state index in [1.165, 1.54) is 10.9 Å². The normalized spacial score (nSPS) is 12.5. The van der Waals surface area contributed by atoms with Crippen LogP contribution in [0.15, 0.2) is 91.1 Å². The minimum atomic E-state index is -3.81. The van der Waals surface area contributed by atoms with E-state index in [1.54, 1.807) is 32.0 Å². The maximum atomic E-state index is 13.0. The van der Waals surface area contributed by atoms with Crippen molar-refractivity contribution in [2.24, 2.45) is 5.41 Å². The van der Waals surface area contributed by atoms with Crippen molar-refractivity contribution in [1.29, 1.82) is 0 Å². The molecule has 0 bridgehead atoms. The zero-order valence-corrected chi connectivity index (χ0v) is 22.3. The second-order valence-electron chi connectivity index (χ2n) is 9.03. The van der Waals surface area contributed by atoms with Gasteiger partial charge < -0.3 is 4.84 Å². The third-order valence-corrected chi connectivity index (χ3v) is 6.68. The molecule has 0 aliphatic carbocycles. The van der Waals surface area contributed by atoms with Crippen LogP contribution >= 0.6 is 12.2 Å². The first-order chi connectivity index (χ1) is 17.1. The second-order valence-corrected chi connectivity index (χ2v) is 11.1. The van der Waals surface area contributed by atoms with Gasteiger partial charge in [0.1, 0.15) is 4.64 Å². The lowest BCUT2D eigenvalue weighted by Crippen LogP contribution is -2.44. The zero-order chi connectivity index (χ0) is 26.2. The number of nitrogens with zero attached hydrogens (tertiary/aromatic N) is 1. The van der Waals surface area contributed by atoms with Crippen molar-refractivity contribution in [2.75, 3.05) is 6.26 Å². The number of carbonyl (C=O) groups excluding carboxylic acids is 1. The quantitative estimate of drug-likeness (QED) is 0.178. The Bertz CT molecular complexity index is 1310. The SMILES string of the molecule is CC(C)(C(=O)On1ccccc1=S)C(CCCC=C(c1ccccc1)c1ccccc1)OS(C)(=O)=O. The summed E-state index contributed by atoms with van der Waals surface area (Å²) in [4.78, 5) is 18.5. The lowest BCUT2D eigenvalue weighted by Gasteiger charge is -2.31. The fourth-order valence-electron chi connectivity index (χ4n) is 3.75. The standard InChI is InChI=1S/C28H31NO5S2/c1-28(2,27(30)33-29-21-13-12-20-26(29)35)25(34-36(3,31)32)19-11-10-18-24(22-14-6-4-7-15-22)23-16-8-5-9-17-23/h4-9,12-18,20-21,25H,10-11,19H2,1-3H3. The van der Waals surface area contributed by atoms with Gasteiger partial charge in [-0.05, 0) is 61.9 Å². The first-order valence-corrected chi connectivity index (χ1v) is 13.9. The van der Waals surface area contributed by atoms with Crippen LogP contribution in [0.25, 0.3) is 5.57 Å². The first-order valence-electron chi connectivity index (χ1n) is 11.7. The largest absolute Gasteiger partial charge is 0.341 e. The molecular weight excluding hydrogens is 494 g/mol. The number of hydrogen-bond acceptors (Lipinski definition) is 6. The first kappa shape index (κ1) is 27.5. The Morgan fingerprint density at radius 3 is 2.06 bits per heavy atom. The van der Waals surface area contributed by atoms with Gasteiger partial charge >= 0.3 is 5.97 Å². The molecule has 6 nitrogen and oxygen atoms in total. The van der Waals surface area contributed by atoms with Gasteiger partial charge in [-0.2, -0.15) is 13.1 Å². The molecule has 0 radical (unpaired) electrons. The van der Waals surface area contributed by atoms with Crippen LogP contribution in [0.2, 0.25) is 0 Å². The van der Waals surface area contributed by atoms with E-state index in [2.05, 4.69) is 30.3 Å². The second kappa shape index (κ2) is 12.3. The number of carbonyl (C=O) groups is 1. The summed E-state index contributed by atoms with van der Waals surface area (Å²) < 4.78 is 30.9. The molecule has 3 aromatic rings. The van der Waals surface area contributed by atoms with Gasteiger partial charge in [-0.3, -0.25) is 4.18 Å². The predicted octanol–water partition coefficient (Wildman–Crippen LogP) is 5.85. The molecule has 0 N–H and O–H groups in total. The summed E-state index contributed by atoms with van der Waals surface area (Å²) in [6, 6.07) is 25.2. The number of rotatable bonds is 11. The van der Waals surface area contributed by atoms with Gasteiger partial charge in [-0.25, -0.2) is 4.79 Å². The summed E-state index contributed by atoms with van der Waals surface area (Å²) in [5, 5.41) is 0. The third kappa shape index (κ3) is 7.71. The predicted molar refractivity (Wildman–Crippen MR) is 144 cm³/mol. The van der Waals surface area contributed by atoms with Crippen LogP contribution in [0, 0.1) is 10.1 Å². The van der Waals surface area contributed by atoms with Gasteiger partial charge in [0.2, 0.25) is 0 Å². The number of aromatic nitrogens is 1. The Morgan fingerprint density at radius 2 is 1.53 bits per heavy atom. The average Bonchev–Trinajstić information content (AvgIpc) is 2.85. The lowest BCUT2D eigenvalue weighted by atomic mass is 9.84. The van der Waals surface area contributed by atoms with Crippen LogP contribution in [-0.4, -0.2) is 31.5 Å². The number of benzene rings is 2. The molecular formula is C28H31NO5S2. The summed E-state index contributed by atoms with van der Waals surface area (Å²) in [5.74, 6) is -0.636. The monoisotopic (exact) mass is 525 g/mol. The number of hydrogen-bond donors (Lipinski definition) is 0. The highest BCUT2D eigenvalue weighted by atomic mass is 32.2. The van der Waals surface area contributed by atoms with Crippen molar-refractivity contribution >= 4 is 33.9 Å². The van der Waals surface area contributed by atoms with E-state index < -0.39 is 27.6 Å². The van der Waals surface area contributed by atoms with Crippen molar-refractivity contribution in [3.05, 3.63) is 107 Å². The van der Waals surface area contributed by atoms with Gasteiger partial charge in [-0.1, -0.05) is 85.0 Å². The molecule has 1 unspecified atom stereocenters. The van der Waals surface area contributed by atoms with E-state index in [1.807, 2.05) is 36.4 Å². The zero-order valence-electron chi connectivity index (χ0n) is 20.7. The molecule has 0 spiro atoms. The van der Waals surface area contributed by atoms with Crippen molar-refractivity contribution in [3.63, 3.8) is 0 Å². The molecule has 3 rings (SSSR count). The van der Waals surface area contributed by atoms with Crippen molar-refractivity contribution < 1.29 is 22.2 Å². The topological polar surface area (TPSA) is 74.6 Å². The van der Waals surface area contributed by atoms with E-state index >= 15 is 0 Å². The summed E-state index contributed by atoms with van der Waals surface area (Å²) >= 11 is 5.19. The molecule has 36 heavy (non-hydrogen) atoms. The van der Waals surface area contributed by atoms with Crippen LogP contribution in [0.3, 0.4) is 0 Å².